The average molecular weight is 265 g/mol. The molecule has 3 N–H and O–H groups in total. The fourth-order valence-corrected chi connectivity index (χ4v) is 1.50. The molecule has 1 aromatic heterocycles. The van der Waals surface area contributed by atoms with Gasteiger partial charge in [0.05, 0.1) is 0 Å². The number of aromatic nitrogens is 1. The van der Waals surface area contributed by atoms with Crippen molar-refractivity contribution in [3.8, 4) is 0 Å². The molecule has 106 valence electrons. The smallest absolute Gasteiger partial charge is 0.323 e. The summed E-state index contributed by atoms with van der Waals surface area (Å²) in [4.78, 5) is 15.8. The van der Waals surface area contributed by atoms with E-state index >= 15 is 0 Å². The van der Waals surface area contributed by atoms with E-state index in [0.717, 1.165) is 18.8 Å². The summed E-state index contributed by atoms with van der Waals surface area (Å²) >= 11 is 0. The second kappa shape index (κ2) is 7.09. The maximum atomic E-state index is 11.6. The van der Waals surface area contributed by atoms with Crippen LogP contribution >= 0.6 is 0 Å². The summed E-state index contributed by atoms with van der Waals surface area (Å²) in [7, 11) is 0. The lowest BCUT2D eigenvalue weighted by molar-refractivity contribution is -0.156. The highest BCUT2D eigenvalue weighted by atomic mass is 16.6. The van der Waals surface area contributed by atoms with E-state index in [1.54, 1.807) is 6.20 Å². The Balaban J connectivity index is 2.20. The summed E-state index contributed by atoms with van der Waals surface area (Å²) in [5.74, 6) is 0.485. The standard InChI is InChI=1S/C14H23N3O2/c1-14(2,3)19-13(18)11(15)7-6-10-17-12-8-4-5-9-16-12/h4-5,8-9,11H,6-7,10,15H2,1-3H3,(H,16,17). The number of esters is 1. The minimum absolute atomic E-state index is 0.342. The number of carbonyl (C=O) groups is 1. The summed E-state index contributed by atoms with van der Waals surface area (Å²) in [6.45, 7) is 6.23. The number of hydrogen-bond donors (Lipinski definition) is 2. The van der Waals surface area contributed by atoms with E-state index in [-0.39, 0.29) is 5.97 Å². The van der Waals surface area contributed by atoms with Gasteiger partial charge in [-0.15, -0.1) is 0 Å². The molecule has 1 atom stereocenters. The van der Waals surface area contributed by atoms with Crippen LogP contribution in [0.3, 0.4) is 0 Å². The van der Waals surface area contributed by atoms with Crippen molar-refractivity contribution in [2.45, 2.75) is 45.3 Å². The zero-order valence-electron chi connectivity index (χ0n) is 11.8. The van der Waals surface area contributed by atoms with Crippen molar-refractivity contribution < 1.29 is 9.53 Å². The van der Waals surface area contributed by atoms with Crippen molar-refractivity contribution in [2.24, 2.45) is 5.73 Å². The van der Waals surface area contributed by atoms with E-state index in [2.05, 4.69) is 10.3 Å². The number of anilines is 1. The van der Waals surface area contributed by atoms with Gasteiger partial charge in [0.15, 0.2) is 0 Å². The van der Waals surface area contributed by atoms with Gasteiger partial charge in [0, 0.05) is 12.7 Å². The quantitative estimate of drug-likeness (QED) is 0.607. The molecular formula is C14H23N3O2. The molecule has 5 heteroatoms. The second-order valence-electron chi connectivity index (χ2n) is 5.42. The zero-order chi connectivity index (χ0) is 14.3. The highest BCUT2D eigenvalue weighted by Gasteiger charge is 2.21. The molecule has 0 amide bonds. The molecular weight excluding hydrogens is 242 g/mol. The molecule has 0 radical (unpaired) electrons. The van der Waals surface area contributed by atoms with Gasteiger partial charge in [0.2, 0.25) is 0 Å². The molecule has 0 aliphatic rings. The molecule has 1 heterocycles. The summed E-state index contributed by atoms with van der Waals surface area (Å²) in [5.41, 5.74) is 5.30. The first-order chi connectivity index (χ1) is 8.88. The van der Waals surface area contributed by atoms with Gasteiger partial charge < -0.3 is 15.8 Å². The molecule has 0 saturated carbocycles. The van der Waals surface area contributed by atoms with Crippen LogP contribution in [0, 0.1) is 0 Å². The predicted octanol–water partition coefficient (Wildman–Crippen LogP) is 1.94. The van der Waals surface area contributed by atoms with E-state index in [9.17, 15) is 4.79 Å². The Morgan fingerprint density at radius 3 is 2.79 bits per heavy atom. The van der Waals surface area contributed by atoms with Crippen LogP contribution in [-0.2, 0) is 9.53 Å². The Bertz CT molecular complexity index is 387. The average Bonchev–Trinajstić information content (AvgIpc) is 2.33. The fourth-order valence-electron chi connectivity index (χ4n) is 1.50. The molecule has 0 spiro atoms. The molecule has 0 aromatic carbocycles. The molecule has 5 nitrogen and oxygen atoms in total. The van der Waals surface area contributed by atoms with Gasteiger partial charge in [-0.3, -0.25) is 4.79 Å². The normalized spacial score (nSPS) is 12.8. The maximum Gasteiger partial charge on any atom is 0.323 e. The molecule has 1 aromatic rings. The van der Waals surface area contributed by atoms with E-state index in [0.29, 0.717) is 6.42 Å². The topological polar surface area (TPSA) is 77.2 Å². The number of nitrogens with zero attached hydrogens (tertiary/aromatic N) is 1. The predicted molar refractivity (Wildman–Crippen MR) is 75.8 cm³/mol. The van der Waals surface area contributed by atoms with Gasteiger partial charge in [0.25, 0.3) is 0 Å². The lowest BCUT2D eigenvalue weighted by atomic mass is 10.1. The lowest BCUT2D eigenvalue weighted by Crippen LogP contribution is -2.37. The van der Waals surface area contributed by atoms with Gasteiger partial charge in [-0.2, -0.15) is 0 Å². The molecule has 1 unspecified atom stereocenters. The van der Waals surface area contributed by atoms with Crippen molar-refractivity contribution in [3.05, 3.63) is 24.4 Å². The molecule has 0 aliphatic heterocycles. The summed E-state index contributed by atoms with van der Waals surface area (Å²) in [5, 5.41) is 3.17. The first kappa shape index (κ1) is 15.4. The molecule has 0 bridgehead atoms. The Morgan fingerprint density at radius 2 is 2.21 bits per heavy atom. The Labute approximate surface area is 114 Å². The van der Waals surface area contributed by atoms with Crippen LogP contribution in [-0.4, -0.2) is 29.1 Å². The third-order valence-electron chi connectivity index (χ3n) is 2.37. The van der Waals surface area contributed by atoms with Crippen LogP contribution in [0.2, 0.25) is 0 Å². The number of ether oxygens (including phenoxy) is 1. The van der Waals surface area contributed by atoms with Crippen molar-refractivity contribution in [3.63, 3.8) is 0 Å². The van der Waals surface area contributed by atoms with Crippen LogP contribution in [0.25, 0.3) is 0 Å². The van der Waals surface area contributed by atoms with Gasteiger partial charge in [0.1, 0.15) is 17.5 Å². The minimum Gasteiger partial charge on any atom is -0.459 e. The molecule has 0 fully saturated rings. The third kappa shape index (κ3) is 6.76. The Hall–Kier alpha value is -1.62. The number of nitrogens with two attached hydrogens (primary N) is 1. The molecule has 0 aliphatic carbocycles. The SMILES string of the molecule is CC(C)(C)OC(=O)C(N)CCCNc1ccccn1. The minimum atomic E-state index is -0.565. The molecule has 19 heavy (non-hydrogen) atoms. The summed E-state index contributed by atoms with van der Waals surface area (Å²) in [6.07, 6.45) is 3.11. The highest BCUT2D eigenvalue weighted by molar-refractivity contribution is 5.75. The lowest BCUT2D eigenvalue weighted by Gasteiger charge is -2.22. The van der Waals surface area contributed by atoms with Crippen LogP contribution < -0.4 is 11.1 Å². The number of carbonyl (C=O) groups excluding carboxylic acids is 1. The number of nitrogens with one attached hydrogen (secondary N) is 1. The van der Waals surface area contributed by atoms with E-state index in [1.165, 1.54) is 0 Å². The second-order valence-corrected chi connectivity index (χ2v) is 5.42. The summed E-state index contributed by atoms with van der Waals surface area (Å²) in [6, 6.07) is 5.11. The van der Waals surface area contributed by atoms with E-state index in [4.69, 9.17) is 10.5 Å². The first-order valence-corrected chi connectivity index (χ1v) is 6.52. The first-order valence-electron chi connectivity index (χ1n) is 6.52. The van der Waals surface area contributed by atoms with Gasteiger partial charge >= 0.3 is 5.97 Å². The van der Waals surface area contributed by atoms with E-state index < -0.39 is 11.6 Å². The van der Waals surface area contributed by atoms with Crippen LogP contribution in [0.4, 0.5) is 5.82 Å². The van der Waals surface area contributed by atoms with Crippen molar-refractivity contribution in [2.75, 3.05) is 11.9 Å². The van der Waals surface area contributed by atoms with Gasteiger partial charge in [-0.1, -0.05) is 6.07 Å². The monoisotopic (exact) mass is 265 g/mol. The zero-order valence-corrected chi connectivity index (χ0v) is 11.8. The van der Waals surface area contributed by atoms with Crippen LogP contribution in [0.5, 0.6) is 0 Å². The van der Waals surface area contributed by atoms with E-state index in [1.807, 2.05) is 39.0 Å². The summed E-state index contributed by atoms with van der Waals surface area (Å²) < 4.78 is 5.22. The number of hydrogen-bond acceptors (Lipinski definition) is 5. The number of pyridine rings is 1. The van der Waals surface area contributed by atoms with Crippen molar-refractivity contribution in [1.29, 1.82) is 0 Å². The van der Waals surface area contributed by atoms with Gasteiger partial charge in [-0.25, -0.2) is 4.98 Å². The largest absolute Gasteiger partial charge is 0.459 e. The fraction of sp³-hybridized carbons (Fsp3) is 0.571. The highest BCUT2D eigenvalue weighted by Crippen LogP contribution is 2.09. The molecule has 0 saturated heterocycles. The Morgan fingerprint density at radius 1 is 1.47 bits per heavy atom. The van der Waals surface area contributed by atoms with Crippen molar-refractivity contribution >= 4 is 11.8 Å². The van der Waals surface area contributed by atoms with Crippen LogP contribution in [0.15, 0.2) is 24.4 Å². The van der Waals surface area contributed by atoms with Gasteiger partial charge in [-0.05, 0) is 45.7 Å². The number of rotatable bonds is 6. The maximum absolute atomic E-state index is 11.6. The third-order valence-corrected chi connectivity index (χ3v) is 2.37. The van der Waals surface area contributed by atoms with Crippen molar-refractivity contribution in [1.82, 2.24) is 4.98 Å². The van der Waals surface area contributed by atoms with Crippen LogP contribution in [0.1, 0.15) is 33.6 Å². The Kier molecular flexibility index (Phi) is 5.76. The molecule has 1 rings (SSSR count).